The van der Waals surface area contributed by atoms with E-state index in [1.165, 1.54) is 5.56 Å². The van der Waals surface area contributed by atoms with E-state index in [9.17, 15) is 0 Å². The molecule has 1 aromatic heterocycles. The van der Waals surface area contributed by atoms with Crippen LogP contribution in [0.1, 0.15) is 48.7 Å². The number of rotatable bonds is 8. The third-order valence-electron chi connectivity index (χ3n) is 5.75. The number of unbranched alkanes of at least 4 members (excludes halogenated alkanes) is 1. The molecule has 0 radical (unpaired) electrons. The highest BCUT2D eigenvalue weighted by Gasteiger charge is 2.26. The minimum Gasteiger partial charge on any atom is -0.362 e. The van der Waals surface area contributed by atoms with Gasteiger partial charge in [0.2, 0.25) is 0 Å². The van der Waals surface area contributed by atoms with Gasteiger partial charge in [0, 0.05) is 13.1 Å². The second kappa shape index (κ2) is 10.0. The summed E-state index contributed by atoms with van der Waals surface area (Å²) in [6.45, 7) is 2.87. The van der Waals surface area contributed by atoms with Crippen molar-refractivity contribution in [1.29, 1.82) is 0 Å². The maximum atomic E-state index is 6.68. The number of ether oxygens (including phenoxy) is 1. The lowest BCUT2D eigenvalue weighted by atomic mass is 10.0. The second-order valence-corrected chi connectivity index (χ2v) is 8.16. The van der Waals surface area contributed by atoms with Crippen LogP contribution in [0.15, 0.2) is 54.6 Å². The maximum absolute atomic E-state index is 6.68. The van der Waals surface area contributed by atoms with Crippen LogP contribution in [0.3, 0.4) is 0 Å². The number of imidazole rings is 1. The number of hydrogen-bond donors (Lipinski definition) is 2. The number of nitrogens with zero attached hydrogens (tertiary/aromatic N) is 2. The predicted octanol–water partition coefficient (Wildman–Crippen LogP) is 4.52. The van der Waals surface area contributed by atoms with Crippen molar-refractivity contribution in [3.8, 4) is 0 Å². The topological polar surface area (TPSA) is 67.2 Å². The molecule has 3 N–H and O–H groups in total. The Kier molecular flexibility index (Phi) is 6.95. The van der Waals surface area contributed by atoms with Gasteiger partial charge in [-0.05, 0) is 68.6 Å². The van der Waals surface area contributed by atoms with E-state index in [2.05, 4.69) is 59.4 Å². The minimum atomic E-state index is -0.205. The first-order chi connectivity index (χ1) is 14.7. The van der Waals surface area contributed by atoms with Crippen LogP contribution in [-0.4, -0.2) is 47.7 Å². The number of H-pyrrole nitrogens is 1. The zero-order valence-corrected chi connectivity index (χ0v) is 17.8. The number of nitrogens with one attached hydrogen (secondary N) is 1. The van der Waals surface area contributed by atoms with Crippen molar-refractivity contribution >= 4 is 17.1 Å². The fourth-order valence-electron chi connectivity index (χ4n) is 3.99. The lowest BCUT2D eigenvalue weighted by Crippen LogP contribution is -2.35. The molecular formula is C25H32N4O. The summed E-state index contributed by atoms with van der Waals surface area (Å²) < 4.78 is 6.68. The smallest absolute Gasteiger partial charge is 0.141 e. The number of para-hydroxylation sites is 2. The molecule has 1 aliphatic heterocycles. The first-order valence-corrected chi connectivity index (χ1v) is 11.0. The molecule has 1 fully saturated rings. The Morgan fingerprint density at radius 2 is 2.03 bits per heavy atom. The third-order valence-corrected chi connectivity index (χ3v) is 5.75. The maximum Gasteiger partial charge on any atom is 0.141 e. The highest BCUT2D eigenvalue weighted by atomic mass is 16.5. The molecule has 30 heavy (non-hydrogen) atoms. The standard InChI is InChI=1S/C25H32N4O/c1-29-16-13-21(14-17-29)30-24(25-27-22-11-4-5-12-23(22)28-25)20-10-7-9-19(18-20)8-3-2-6-15-26/h3-5,7-12,18,21,24H,2,6,13-17,26H2,1H3,(H,27,28). The Hall–Kier alpha value is -2.47. The monoisotopic (exact) mass is 404 g/mol. The van der Waals surface area contributed by atoms with Gasteiger partial charge in [-0.2, -0.15) is 0 Å². The van der Waals surface area contributed by atoms with Crippen molar-refractivity contribution in [2.75, 3.05) is 26.7 Å². The molecule has 1 saturated heterocycles. The van der Waals surface area contributed by atoms with Crippen molar-refractivity contribution in [2.45, 2.75) is 37.9 Å². The van der Waals surface area contributed by atoms with Crippen LogP contribution in [0.25, 0.3) is 17.1 Å². The third kappa shape index (κ3) is 5.17. The van der Waals surface area contributed by atoms with Crippen molar-refractivity contribution in [3.05, 3.63) is 71.6 Å². The van der Waals surface area contributed by atoms with E-state index in [4.69, 9.17) is 15.5 Å². The molecule has 2 heterocycles. The van der Waals surface area contributed by atoms with E-state index in [1.807, 2.05) is 18.2 Å². The van der Waals surface area contributed by atoms with Crippen LogP contribution in [0.5, 0.6) is 0 Å². The van der Waals surface area contributed by atoms with E-state index in [1.54, 1.807) is 0 Å². The summed E-state index contributed by atoms with van der Waals surface area (Å²) >= 11 is 0. The Balaban J connectivity index is 1.62. The van der Waals surface area contributed by atoms with Gasteiger partial charge in [0.05, 0.1) is 17.1 Å². The van der Waals surface area contributed by atoms with Gasteiger partial charge >= 0.3 is 0 Å². The summed E-state index contributed by atoms with van der Waals surface area (Å²) in [7, 11) is 2.17. The van der Waals surface area contributed by atoms with Crippen LogP contribution >= 0.6 is 0 Å². The SMILES string of the molecule is CN1CCC(OC(c2cccc(C=CCCCN)c2)c2nc3ccccc3[nH]2)CC1. The second-order valence-electron chi connectivity index (χ2n) is 8.16. The van der Waals surface area contributed by atoms with Crippen molar-refractivity contribution in [3.63, 3.8) is 0 Å². The molecule has 1 aliphatic rings. The summed E-state index contributed by atoms with van der Waals surface area (Å²) in [5.41, 5.74) is 9.93. The number of benzene rings is 2. The van der Waals surface area contributed by atoms with Gasteiger partial charge in [-0.25, -0.2) is 4.98 Å². The number of likely N-dealkylation sites (tertiary alicyclic amines) is 1. The Bertz CT molecular complexity index is 939. The fourth-order valence-corrected chi connectivity index (χ4v) is 3.99. The van der Waals surface area contributed by atoms with E-state index < -0.39 is 0 Å². The van der Waals surface area contributed by atoms with Crippen LogP contribution in [0.4, 0.5) is 0 Å². The molecule has 1 unspecified atom stereocenters. The predicted molar refractivity (Wildman–Crippen MR) is 123 cm³/mol. The molecule has 158 valence electrons. The summed E-state index contributed by atoms with van der Waals surface area (Å²) in [6, 6.07) is 16.7. The summed E-state index contributed by atoms with van der Waals surface area (Å²) in [6.07, 6.45) is 8.50. The molecule has 3 aromatic rings. The van der Waals surface area contributed by atoms with Crippen molar-refractivity contribution < 1.29 is 4.74 Å². The van der Waals surface area contributed by atoms with Gasteiger partial charge in [-0.3, -0.25) is 0 Å². The van der Waals surface area contributed by atoms with Gasteiger partial charge in [-0.15, -0.1) is 0 Å². The number of allylic oxidation sites excluding steroid dienone is 1. The van der Waals surface area contributed by atoms with Crippen LogP contribution in [0.2, 0.25) is 0 Å². The van der Waals surface area contributed by atoms with Crippen molar-refractivity contribution in [1.82, 2.24) is 14.9 Å². The van der Waals surface area contributed by atoms with Gasteiger partial charge in [0.1, 0.15) is 11.9 Å². The van der Waals surface area contributed by atoms with Gasteiger partial charge < -0.3 is 20.4 Å². The molecule has 0 aliphatic carbocycles. The highest BCUT2D eigenvalue weighted by Crippen LogP contribution is 2.30. The Labute approximate surface area is 178 Å². The first-order valence-electron chi connectivity index (χ1n) is 11.0. The number of fused-ring (bicyclic) bond motifs is 1. The van der Waals surface area contributed by atoms with Gasteiger partial charge in [-0.1, -0.05) is 42.5 Å². The lowest BCUT2D eigenvalue weighted by molar-refractivity contribution is -0.0264. The Morgan fingerprint density at radius 3 is 2.83 bits per heavy atom. The van der Waals surface area contributed by atoms with E-state index in [0.717, 1.165) is 67.7 Å². The molecule has 0 spiro atoms. The normalized spacial score (nSPS) is 17.1. The van der Waals surface area contributed by atoms with Crippen LogP contribution in [-0.2, 0) is 4.74 Å². The number of hydrogen-bond acceptors (Lipinski definition) is 4. The van der Waals surface area contributed by atoms with Crippen LogP contribution in [0, 0.1) is 0 Å². The molecular weight excluding hydrogens is 372 g/mol. The minimum absolute atomic E-state index is 0.205. The largest absolute Gasteiger partial charge is 0.362 e. The number of aromatic amines is 1. The quantitative estimate of drug-likeness (QED) is 0.542. The Morgan fingerprint density at radius 1 is 1.20 bits per heavy atom. The van der Waals surface area contributed by atoms with Crippen LogP contribution < -0.4 is 5.73 Å². The molecule has 0 saturated carbocycles. The lowest BCUT2D eigenvalue weighted by Gasteiger charge is -2.31. The van der Waals surface area contributed by atoms with Gasteiger partial charge in [0.25, 0.3) is 0 Å². The summed E-state index contributed by atoms with van der Waals surface area (Å²) in [5.74, 6) is 0.874. The molecule has 2 aromatic carbocycles. The number of piperidine rings is 1. The van der Waals surface area contributed by atoms with Crippen molar-refractivity contribution in [2.24, 2.45) is 5.73 Å². The number of nitrogens with two attached hydrogens (primary N) is 1. The van der Waals surface area contributed by atoms with E-state index in [-0.39, 0.29) is 12.2 Å². The average Bonchev–Trinajstić information content (AvgIpc) is 3.20. The van der Waals surface area contributed by atoms with Gasteiger partial charge in [0.15, 0.2) is 0 Å². The summed E-state index contributed by atoms with van der Waals surface area (Å²) in [5, 5.41) is 0. The first kappa shape index (κ1) is 20.8. The molecule has 1 atom stereocenters. The molecule has 5 nitrogen and oxygen atoms in total. The molecule has 4 rings (SSSR count). The molecule has 5 heteroatoms. The zero-order chi connectivity index (χ0) is 20.8. The van der Waals surface area contributed by atoms with E-state index in [0.29, 0.717) is 0 Å². The zero-order valence-electron chi connectivity index (χ0n) is 17.8. The molecule has 0 amide bonds. The molecule has 0 bridgehead atoms. The summed E-state index contributed by atoms with van der Waals surface area (Å²) in [4.78, 5) is 10.7. The highest BCUT2D eigenvalue weighted by molar-refractivity contribution is 5.75. The average molecular weight is 405 g/mol. The van der Waals surface area contributed by atoms with E-state index >= 15 is 0 Å². The number of aromatic nitrogens is 2. The fraction of sp³-hybridized carbons (Fsp3) is 0.400.